The van der Waals surface area contributed by atoms with Crippen molar-refractivity contribution in [3.8, 4) is 0 Å². The quantitative estimate of drug-likeness (QED) is 0.525. The molecule has 1 aliphatic heterocycles. The largest absolute Gasteiger partial charge is 0.374 e. The van der Waals surface area contributed by atoms with Gasteiger partial charge in [0.25, 0.3) is 0 Å². The van der Waals surface area contributed by atoms with Crippen molar-refractivity contribution in [1.29, 1.82) is 0 Å². The van der Waals surface area contributed by atoms with Crippen LogP contribution in [-0.2, 0) is 11.3 Å². The Balaban J connectivity index is 1.70. The summed E-state index contributed by atoms with van der Waals surface area (Å²) in [5, 5.41) is 13.4. The van der Waals surface area contributed by atoms with E-state index in [2.05, 4.69) is 44.6 Å². The molecule has 0 bridgehead atoms. The van der Waals surface area contributed by atoms with Crippen molar-refractivity contribution in [3.05, 3.63) is 18.0 Å². The van der Waals surface area contributed by atoms with Gasteiger partial charge in [0.05, 0.1) is 24.9 Å². The lowest BCUT2D eigenvalue weighted by molar-refractivity contribution is -0.0284. The van der Waals surface area contributed by atoms with Crippen LogP contribution in [0.15, 0.2) is 17.3 Å². The van der Waals surface area contributed by atoms with Crippen molar-refractivity contribution in [1.82, 2.24) is 25.7 Å². The fraction of sp³-hybridized carbons (Fsp3) is 0.733. The second-order valence-electron chi connectivity index (χ2n) is 6.03. The number of rotatable bonds is 6. The van der Waals surface area contributed by atoms with E-state index in [0.717, 1.165) is 44.4 Å². The molecular formula is C15H28N6O. The van der Waals surface area contributed by atoms with Crippen LogP contribution in [0.4, 0.5) is 0 Å². The lowest BCUT2D eigenvalue weighted by Crippen LogP contribution is -2.50. The van der Waals surface area contributed by atoms with Crippen molar-refractivity contribution in [3.63, 3.8) is 0 Å². The first-order chi connectivity index (χ1) is 10.7. The predicted molar refractivity (Wildman–Crippen MR) is 87.8 cm³/mol. The Labute approximate surface area is 132 Å². The zero-order valence-electron chi connectivity index (χ0n) is 13.8. The van der Waals surface area contributed by atoms with Crippen molar-refractivity contribution >= 4 is 5.96 Å². The highest BCUT2D eigenvalue weighted by molar-refractivity contribution is 5.79. The molecule has 0 aromatic carbocycles. The molecular weight excluding hydrogens is 280 g/mol. The highest BCUT2D eigenvalue weighted by Crippen LogP contribution is 2.07. The molecule has 1 aromatic heterocycles. The summed E-state index contributed by atoms with van der Waals surface area (Å²) in [5.74, 6) is 1.47. The van der Waals surface area contributed by atoms with Gasteiger partial charge in [0.1, 0.15) is 0 Å². The highest BCUT2D eigenvalue weighted by Gasteiger charge is 2.20. The third kappa shape index (κ3) is 5.65. The fourth-order valence-corrected chi connectivity index (χ4v) is 2.58. The molecule has 1 unspecified atom stereocenters. The molecule has 0 radical (unpaired) electrons. The number of hydrogen-bond acceptors (Lipinski definition) is 4. The molecule has 1 atom stereocenters. The number of guanidine groups is 1. The van der Waals surface area contributed by atoms with Crippen LogP contribution < -0.4 is 10.6 Å². The topological polar surface area (TPSA) is 77.6 Å². The van der Waals surface area contributed by atoms with E-state index in [-0.39, 0.29) is 6.10 Å². The molecule has 1 aromatic rings. The lowest BCUT2D eigenvalue weighted by atomic mass is 10.2. The minimum absolute atomic E-state index is 0.207. The number of aromatic nitrogens is 2. The number of aliphatic imine (C=N–C) groups is 1. The Morgan fingerprint density at radius 3 is 3.09 bits per heavy atom. The lowest BCUT2D eigenvalue weighted by Gasteiger charge is -2.34. The summed E-state index contributed by atoms with van der Waals surface area (Å²) in [7, 11) is 1.77. The first-order valence-corrected chi connectivity index (χ1v) is 7.94. The molecule has 0 saturated carbocycles. The number of morpholine rings is 1. The van der Waals surface area contributed by atoms with E-state index in [4.69, 9.17) is 4.74 Å². The maximum Gasteiger partial charge on any atom is 0.191 e. The van der Waals surface area contributed by atoms with E-state index in [1.54, 1.807) is 13.2 Å². The zero-order chi connectivity index (χ0) is 15.8. The van der Waals surface area contributed by atoms with Crippen LogP contribution in [0.5, 0.6) is 0 Å². The molecule has 124 valence electrons. The second kappa shape index (κ2) is 8.75. The number of aromatic amines is 1. The van der Waals surface area contributed by atoms with Gasteiger partial charge in [-0.15, -0.1) is 0 Å². The van der Waals surface area contributed by atoms with Gasteiger partial charge in [-0.2, -0.15) is 5.10 Å². The molecule has 1 saturated heterocycles. The van der Waals surface area contributed by atoms with Gasteiger partial charge in [-0.05, 0) is 12.0 Å². The van der Waals surface area contributed by atoms with E-state index in [1.807, 2.05) is 6.07 Å². The molecule has 2 rings (SSSR count). The van der Waals surface area contributed by atoms with Crippen molar-refractivity contribution < 1.29 is 4.74 Å². The SMILES string of the molecule is CN=C(NCc1ccn[nH]1)NCC1CN(CC(C)C)CCO1. The Kier molecular flexibility index (Phi) is 6.67. The van der Waals surface area contributed by atoms with Crippen molar-refractivity contribution in [2.45, 2.75) is 26.5 Å². The van der Waals surface area contributed by atoms with Crippen molar-refractivity contribution in [2.75, 3.05) is 39.8 Å². The van der Waals surface area contributed by atoms with E-state index >= 15 is 0 Å². The molecule has 22 heavy (non-hydrogen) atoms. The number of nitrogens with zero attached hydrogens (tertiary/aromatic N) is 3. The molecule has 7 nitrogen and oxygen atoms in total. The van der Waals surface area contributed by atoms with Crippen LogP contribution in [0.25, 0.3) is 0 Å². The van der Waals surface area contributed by atoms with Gasteiger partial charge >= 0.3 is 0 Å². The average Bonchev–Trinajstić information content (AvgIpc) is 3.00. The normalized spacial score (nSPS) is 20.4. The van der Waals surface area contributed by atoms with Crippen LogP contribution in [0.3, 0.4) is 0 Å². The second-order valence-corrected chi connectivity index (χ2v) is 6.03. The van der Waals surface area contributed by atoms with Gasteiger partial charge in [-0.1, -0.05) is 13.8 Å². The molecule has 0 amide bonds. The Bertz CT molecular complexity index is 445. The molecule has 0 spiro atoms. The average molecular weight is 308 g/mol. The number of hydrogen-bond donors (Lipinski definition) is 3. The maximum atomic E-state index is 5.83. The fourth-order valence-electron chi connectivity index (χ4n) is 2.58. The Hall–Kier alpha value is -1.60. The van der Waals surface area contributed by atoms with Gasteiger partial charge in [0.2, 0.25) is 0 Å². The molecule has 2 heterocycles. The maximum absolute atomic E-state index is 5.83. The van der Waals surface area contributed by atoms with Gasteiger partial charge in [-0.25, -0.2) is 0 Å². The Morgan fingerprint density at radius 1 is 1.55 bits per heavy atom. The molecule has 1 fully saturated rings. The van der Waals surface area contributed by atoms with E-state index in [1.165, 1.54) is 0 Å². The minimum Gasteiger partial charge on any atom is -0.374 e. The van der Waals surface area contributed by atoms with Crippen LogP contribution in [0.2, 0.25) is 0 Å². The third-order valence-corrected chi connectivity index (χ3v) is 3.57. The summed E-state index contributed by atoms with van der Waals surface area (Å²) in [4.78, 5) is 6.70. The highest BCUT2D eigenvalue weighted by atomic mass is 16.5. The number of ether oxygens (including phenoxy) is 1. The Morgan fingerprint density at radius 2 is 2.41 bits per heavy atom. The standard InChI is InChI=1S/C15H28N6O/c1-12(2)10-21-6-7-22-14(11-21)9-18-15(16-3)17-8-13-4-5-19-20-13/h4-5,12,14H,6-11H2,1-3H3,(H,19,20)(H2,16,17,18). The molecule has 1 aliphatic rings. The summed E-state index contributed by atoms with van der Waals surface area (Å²) < 4.78 is 5.83. The number of nitrogens with one attached hydrogen (secondary N) is 3. The van der Waals surface area contributed by atoms with Crippen LogP contribution in [-0.4, -0.2) is 67.0 Å². The number of H-pyrrole nitrogens is 1. The summed E-state index contributed by atoms with van der Waals surface area (Å²) >= 11 is 0. The van der Waals surface area contributed by atoms with Gasteiger partial charge in [-0.3, -0.25) is 15.0 Å². The van der Waals surface area contributed by atoms with Gasteiger partial charge in [0.15, 0.2) is 5.96 Å². The summed E-state index contributed by atoms with van der Waals surface area (Å²) in [6, 6.07) is 1.94. The monoisotopic (exact) mass is 308 g/mol. The summed E-state index contributed by atoms with van der Waals surface area (Å²) in [5.41, 5.74) is 1.03. The van der Waals surface area contributed by atoms with E-state index in [9.17, 15) is 0 Å². The first-order valence-electron chi connectivity index (χ1n) is 7.94. The predicted octanol–water partition coefficient (Wildman–Crippen LogP) is 0.432. The molecule has 0 aliphatic carbocycles. The molecule has 7 heteroatoms. The first kappa shape index (κ1) is 16.8. The van der Waals surface area contributed by atoms with E-state index in [0.29, 0.717) is 12.5 Å². The van der Waals surface area contributed by atoms with E-state index < -0.39 is 0 Å². The van der Waals surface area contributed by atoms with Crippen molar-refractivity contribution in [2.24, 2.45) is 10.9 Å². The molecule has 3 N–H and O–H groups in total. The van der Waals surface area contributed by atoms with Crippen LogP contribution in [0, 0.1) is 5.92 Å². The van der Waals surface area contributed by atoms with Crippen LogP contribution >= 0.6 is 0 Å². The van der Waals surface area contributed by atoms with Gasteiger partial charge in [0, 0.05) is 39.4 Å². The van der Waals surface area contributed by atoms with Crippen LogP contribution in [0.1, 0.15) is 19.5 Å². The smallest absolute Gasteiger partial charge is 0.191 e. The minimum atomic E-state index is 0.207. The zero-order valence-corrected chi connectivity index (χ0v) is 13.8. The summed E-state index contributed by atoms with van der Waals surface area (Å²) in [6.07, 6.45) is 1.95. The third-order valence-electron chi connectivity index (χ3n) is 3.57. The van der Waals surface area contributed by atoms with Gasteiger partial charge < -0.3 is 15.4 Å². The summed E-state index contributed by atoms with van der Waals surface area (Å²) in [6.45, 7) is 9.88.